The van der Waals surface area contributed by atoms with Gasteiger partial charge in [-0.05, 0) is 50.8 Å². The van der Waals surface area contributed by atoms with Crippen LogP contribution in [0.1, 0.15) is 49.1 Å². The summed E-state index contributed by atoms with van der Waals surface area (Å²) in [7, 11) is 1.80. The van der Waals surface area contributed by atoms with E-state index in [4.69, 9.17) is 4.74 Å². The maximum absolute atomic E-state index is 5.92. The average molecular weight is 511 g/mol. The van der Waals surface area contributed by atoms with Crippen LogP contribution < -0.4 is 10.6 Å². The minimum Gasteiger partial charge on any atom is -0.378 e. The molecule has 0 radical (unpaired) electrons. The summed E-state index contributed by atoms with van der Waals surface area (Å²) < 4.78 is 7.92. The zero-order valence-electron chi connectivity index (χ0n) is 17.8. The van der Waals surface area contributed by atoms with Crippen LogP contribution in [-0.2, 0) is 11.3 Å². The van der Waals surface area contributed by atoms with E-state index in [9.17, 15) is 0 Å². The highest BCUT2D eigenvalue weighted by atomic mass is 127. The smallest absolute Gasteiger partial charge is 0.191 e. The molecular weight excluding hydrogens is 477 g/mol. The molecule has 1 aromatic carbocycles. The summed E-state index contributed by atoms with van der Waals surface area (Å²) in [4.78, 5) is 4.33. The van der Waals surface area contributed by atoms with Crippen molar-refractivity contribution in [1.82, 2.24) is 20.4 Å². The Bertz CT molecular complexity index is 783. The van der Waals surface area contributed by atoms with E-state index in [0.717, 1.165) is 42.6 Å². The quantitative estimate of drug-likeness (QED) is 0.242. The van der Waals surface area contributed by atoms with Gasteiger partial charge in [0.2, 0.25) is 0 Å². The highest BCUT2D eigenvalue weighted by Crippen LogP contribution is 2.20. The third-order valence-corrected chi connectivity index (χ3v) is 5.17. The molecule has 1 aromatic heterocycles. The van der Waals surface area contributed by atoms with Crippen molar-refractivity contribution in [2.45, 2.75) is 58.6 Å². The summed E-state index contributed by atoms with van der Waals surface area (Å²) in [6.45, 7) is 6.46. The predicted molar refractivity (Wildman–Crippen MR) is 129 cm³/mol. The number of halogens is 1. The summed E-state index contributed by atoms with van der Waals surface area (Å²) in [5.41, 5.74) is 4.44. The Morgan fingerprint density at radius 1 is 1.21 bits per heavy atom. The lowest BCUT2D eigenvalue weighted by molar-refractivity contribution is 0.0574. The van der Waals surface area contributed by atoms with E-state index in [0.29, 0.717) is 12.6 Å². The first kappa shape index (κ1) is 23.7. The van der Waals surface area contributed by atoms with Gasteiger partial charge in [-0.15, -0.1) is 24.0 Å². The standard InChI is InChI=1S/C22H33N5O.HI/c1-17-15-18(2)27(26-17)21-12-7-4-9-19(21)16-25-22(23-3)24-13-8-14-28-20-10-5-6-11-20;/h4,7,9,12,15,20H,5-6,8,10-11,13-14,16H2,1-3H3,(H2,23,24,25);1H. The maximum atomic E-state index is 5.92. The Hall–Kier alpha value is -1.61. The summed E-state index contributed by atoms with van der Waals surface area (Å²) >= 11 is 0. The van der Waals surface area contributed by atoms with Crippen molar-refractivity contribution in [3.63, 3.8) is 0 Å². The molecule has 0 atom stereocenters. The molecule has 160 valence electrons. The lowest BCUT2D eigenvalue weighted by Gasteiger charge is -2.15. The molecule has 7 heteroatoms. The van der Waals surface area contributed by atoms with Gasteiger partial charge in [-0.25, -0.2) is 4.68 Å². The number of nitrogens with one attached hydrogen (secondary N) is 2. The summed E-state index contributed by atoms with van der Waals surface area (Å²) in [6, 6.07) is 10.4. The van der Waals surface area contributed by atoms with Crippen molar-refractivity contribution in [3.8, 4) is 5.69 Å². The molecule has 0 aliphatic heterocycles. The van der Waals surface area contributed by atoms with E-state index in [-0.39, 0.29) is 24.0 Å². The summed E-state index contributed by atoms with van der Waals surface area (Å²) in [6.07, 6.45) is 6.57. The Kier molecular flexibility index (Phi) is 9.93. The molecule has 1 saturated carbocycles. The molecule has 1 aliphatic carbocycles. The average Bonchev–Trinajstić information content (AvgIpc) is 3.33. The molecule has 0 unspecified atom stereocenters. The molecule has 0 saturated heterocycles. The number of nitrogens with zero attached hydrogens (tertiary/aromatic N) is 3. The third kappa shape index (κ3) is 6.99. The van der Waals surface area contributed by atoms with Crippen LogP contribution in [0.4, 0.5) is 0 Å². The number of hydrogen-bond acceptors (Lipinski definition) is 3. The van der Waals surface area contributed by atoms with Gasteiger partial charge < -0.3 is 15.4 Å². The fourth-order valence-electron chi connectivity index (χ4n) is 3.72. The molecule has 1 aliphatic rings. The highest BCUT2D eigenvalue weighted by molar-refractivity contribution is 14.0. The summed E-state index contributed by atoms with van der Waals surface area (Å²) in [5, 5.41) is 11.4. The highest BCUT2D eigenvalue weighted by Gasteiger charge is 2.14. The second-order valence-corrected chi connectivity index (χ2v) is 7.45. The van der Waals surface area contributed by atoms with Crippen molar-refractivity contribution in [2.75, 3.05) is 20.2 Å². The minimum absolute atomic E-state index is 0. The number of aliphatic imine (C=N–C) groups is 1. The Balaban J connectivity index is 0.00000300. The van der Waals surface area contributed by atoms with Crippen LogP contribution in [0.3, 0.4) is 0 Å². The zero-order valence-corrected chi connectivity index (χ0v) is 20.1. The Labute approximate surface area is 191 Å². The minimum atomic E-state index is 0. The van der Waals surface area contributed by atoms with E-state index >= 15 is 0 Å². The second-order valence-electron chi connectivity index (χ2n) is 7.45. The van der Waals surface area contributed by atoms with E-state index < -0.39 is 0 Å². The molecule has 0 amide bonds. The maximum Gasteiger partial charge on any atom is 0.191 e. The number of aromatic nitrogens is 2. The van der Waals surface area contributed by atoms with Crippen LogP contribution >= 0.6 is 24.0 Å². The molecule has 3 rings (SSSR count). The fourth-order valence-corrected chi connectivity index (χ4v) is 3.72. The topological polar surface area (TPSA) is 63.5 Å². The number of para-hydroxylation sites is 1. The number of guanidine groups is 1. The monoisotopic (exact) mass is 511 g/mol. The molecule has 0 spiro atoms. The van der Waals surface area contributed by atoms with E-state index in [1.54, 1.807) is 7.05 Å². The van der Waals surface area contributed by atoms with Gasteiger partial charge >= 0.3 is 0 Å². The first-order valence-corrected chi connectivity index (χ1v) is 10.3. The van der Waals surface area contributed by atoms with Crippen LogP contribution in [-0.4, -0.2) is 42.0 Å². The van der Waals surface area contributed by atoms with Gasteiger partial charge in [0.15, 0.2) is 5.96 Å². The van der Waals surface area contributed by atoms with Gasteiger partial charge in [-0.2, -0.15) is 5.10 Å². The van der Waals surface area contributed by atoms with Gasteiger partial charge in [0.1, 0.15) is 0 Å². The Morgan fingerprint density at radius 2 is 1.97 bits per heavy atom. The first-order chi connectivity index (χ1) is 13.7. The van der Waals surface area contributed by atoms with Crippen molar-refractivity contribution in [2.24, 2.45) is 4.99 Å². The molecule has 29 heavy (non-hydrogen) atoms. The molecular formula is C22H34IN5O. The van der Waals surface area contributed by atoms with Crippen LogP contribution in [0, 0.1) is 13.8 Å². The second kappa shape index (κ2) is 12.2. The molecule has 0 bridgehead atoms. The molecule has 2 aromatic rings. The fraction of sp³-hybridized carbons (Fsp3) is 0.545. The van der Waals surface area contributed by atoms with Gasteiger partial charge in [-0.3, -0.25) is 4.99 Å². The number of ether oxygens (including phenoxy) is 1. The number of benzene rings is 1. The third-order valence-electron chi connectivity index (χ3n) is 5.17. The first-order valence-electron chi connectivity index (χ1n) is 10.3. The summed E-state index contributed by atoms with van der Waals surface area (Å²) in [5.74, 6) is 0.809. The predicted octanol–water partition coefficient (Wildman–Crippen LogP) is 4.12. The van der Waals surface area contributed by atoms with Crippen LogP contribution in [0.2, 0.25) is 0 Å². The van der Waals surface area contributed by atoms with Gasteiger partial charge in [-0.1, -0.05) is 31.0 Å². The Morgan fingerprint density at radius 3 is 2.66 bits per heavy atom. The number of rotatable bonds is 8. The van der Waals surface area contributed by atoms with Crippen molar-refractivity contribution in [1.29, 1.82) is 0 Å². The lowest BCUT2D eigenvalue weighted by Crippen LogP contribution is -2.37. The number of hydrogen-bond donors (Lipinski definition) is 2. The molecule has 2 N–H and O–H groups in total. The SMILES string of the molecule is CN=C(NCCCOC1CCCC1)NCc1ccccc1-n1nc(C)cc1C.I. The van der Waals surface area contributed by atoms with Crippen LogP contribution in [0.5, 0.6) is 0 Å². The lowest BCUT2D eigenvalue weighted by atomic mass is 10.1. The number of aryl methyl sites for hydroxylation is 2. The van der Waals surface area contributed by atoms with Gasteiger partial charge in [0.05, 0.1) is 17.5 Å². The molecule has 6 nitrogen and oxygen atoms in total. The van der Waals surface area contributed by atoms with Crippen LogP contribution in [0.15, 0.2) is 35.3 Å². The normalized spacial score (nSPS) is 14.7. The van der Waals surface area contributed by atoms with Crippen molar-refractivity contribution >= 4 is 29.9 Å². The van der Waals surface area contributed by atoms with E-state index in [1.165, 1.54) is 31.2 Å². The largest absolute Gasteiger partial charge is 0.378 e. The van der Waals surface area contributed by atoms with Crippen LogP contribution in [0.25, 0.3) is 5.69 Å². The van der Waals surface area contributed by atoms with Crippen molar-refractivity contribution < 1.29 is 4.74 Å². The van der Waals surface area contributed by atoms with Gasteiger partial charge in [0, 0.05) is 32.4 Å². The molecule has 1 heterocycles. The van der Waals surface area contributed by atoms with E-state index in [2.05, 4.69) is 51.9 Å². The van der Waals surface area contributed by atoms with E-state index in [1.807, 2.05) is 17.7 Å². The van der Waals surface area contributed by atoms with Gasteiger partial charge in [0.25, 0.3) is 0 Å². The molecule has 1 fully saturated rings. The van der Waals surface area contributed by atoms with Crippen molar-refractivity contribution in [3.05, 3.63) is 47.3 Å². The zero-order chi connectivity index (χ0) is 19.8.